The van der Waals surface area contributed by atoms with Gasteiger partial charge in [0.25, 0.3) is 0 Å². The Balaban J connectivity index is -0.0000000800. The molecule has 0 saturated carbocycles. The fraction of sp³-hybridized carbons (Fsp3) is 0.500. The average molecular weight is 220 g/mol. The molecule has 0 aromatic carbocycles. The van der Waals surface area contributed by atoms with E-state index in [2.05, 4.69) is 3.07 Å². The van der Waals surface area contributed by atoms with Gasteiger partial charge in [0.05, 0.1) is 0 Å². The van der Waals surface area contributed by atoms with Crippen molar-refractivity contribution < 1.29 is 7.87 Å². The Hall–Kier alpha value is 1.23. The average Bonchev–Trinajstić information content (AvgIpc) is 1.38. The summed E-state index contributed by atoms with van der Waals surface area (Å²) < 4.78 is 4.24. The van der Waals surface area contributed by atoms with Gasteiger partial charge in [0, 0.05) is 0 Å². The molecule has 0 amide bonds. The van der Waals surface area contributed by atoms with E-state index in [-0.39, 0.29) is 41.7 Å². The molecule has 38 valence electrons. The number of carbonyl (C=O) groups is 1. The topological polar surface area (TPSA) is 61.3 Å². The summed E-state index contributed by atoms with van der Waals surface area (Å²) in [5.41, 5.74) is 0. The molecule has 0 aromatic rings. The molecule has 0 aliphatic heterocycles. The molecule has 0 fully saturated rings. The van der Waals surface area contributed by atoms with Crippen LogP contribution in [0.15, 0.2) is 0 Å². The van der Waals surface area contributed by atoms with Crippen molar-refractivity contribution in [1.29, 1.82) is 0 Å². The van der Waals surface area contributed by atoms with Crippen molar-refractivity contribution in [2.45, 2.75) is 6.92 Å². The van der Waals surface area contributed by atoms with Gasteiger partial charge in [-0.05, 0) is 0 Å². The number of rotatable bonds is 0. The van der Waals surface area contributed by atoms with Gasteiger partial charge in [-0.15, -0.1) is 0 Å². The standard InChI is InChI=1S/C2H4O2.H3N.Na.Sn.2H/c1-2(3)4;;;;;/h1H3,(H,3,4);1H3;;;;/q;;;+1;;/p-1. The Morgan fingerprint density at radius 1 is 1.71 bits per heavy atom. The van der Waals surface area contributed by atoms with Crippen LogP contribution in [0.3, 0.4) is 0 Å². The van der Waals surface area contributed by atoms with Crippen molar-refractivity contribution in [3.05, 3.63) is 0 Å². The minimum absolute atomic E-state index is 0. The molecule has 0 spiro atoms. The van der Waals surface area contributed by atoms with Crippen LogP contribution in [0.2, 0.25) is 0 Å². The first-order valence-corrected chi connectivity index (χ1v) is 2.49. The monoisotopic (exact) mass is 221 g/mol. The van der Waals surface area contributed by atoms with Gasteiger partial charge >= 0.3 is 73.3 Å². The predicted molar refractivity (Wildman–Crippen MR) is 31.1 cm³/mol. The van der Waals surface area contributed by atoms with E-state index in [0.717, 1.165) is 0 Å². The van der Waals surface area contributed by atoms with E-state index in [1.807, 2.05) is 0 Å². The Labute approximate surface area is 78.7 Å². The van der Waals surface area contributed by atoms with Crippen molar-refractivity contribution >= 4 is 58.5 Å². The van der Waals surface area contributed by atoms with Crippen LogP contribution in [0.1, 0.15) is 6.92 Å². The van der Waals surface area contributed by atoms with Crippen LogP contribution in [0.4, 0.5) is 0 Å². The van der Waals surface area contributed by atoms with E-state index < -0.39 is 0 Å². The second-order valence-electron chi connectivity index (χ2n) is 0.609. The summed E-state index contributed by atoms with van der Waals surface area (Å²) in [6.45, 7) is 1.39. The summed E-state index contributed by atoms with van der Waals surface area (Å²) in [5, 5.41) is 0. The van der Waals surface area contributed by atoms with Gasteiger partial charge in [0.1, 0.15) is 0 Å². The minimum atomic E-state index is -0.188. The maximum absolute atomic E-state index is 9.62. The molecule has 0 unspecified atom stereocenters. The van der Waals surface area contributed by atoms with E-state index in [0.29, 0.717) is 22.9 Å². The third-order valence-electron chi connectivity index (χ3n) is 0.166. The molecular formula is C2H8NNaO2Sn. The van der Waals surface area contributed by atoms with Gasteiger partial charge in [-0.3, -0.25) is 0 Å². The van der Waals surface area contributed by atoms with Crippen molar-refractivity contribution in [2.24, 2.45) is 0 Å². The fourth-order valence-electron chi connectivity index (χ4n) is 0. The molecule has 0 saturated heterocycles. The Morgan fingerprint density at radius 2 is 1.86 bits per heavy atom. The van der Waals surface area contributed by atoms with Crippen molar-refractivity contribution in [3.63, 3.8) is 0 Å². The van der Waals surface area contributed by atoms with Crippen molar-refractivity contribution in [1.82, 2.24) is 6.15 Å². The zero-order valence-electron chi connectivity index (χ0n) is 3.60. The number of hydrogen-bond acceptors (Lipinski definition) is 3. The fourth-order valence-corrected chi connectivity index (χ4v) is 0. The Morgan fingerprint density at radius 3 is 1.86 bits per heavy atom. The molecule has 0 bridgehead atoms. The molecule has 0 heterocycles. The van der Waals surface area contributed by atoms with Gasteiger partial charge in [-0.1, -0.05) is 0 Å². The predicted octanol–water partition coefficient (Wildman–Crippen LogP) is -1.12. The zero-order chi connectivity index (χ0) is 4.28. The Bertz CT molecular complexity index is 51.0. The van der Waals surface area contributed by atoms with E-state index in [4.69, 9.17) is 0 Å². The first kappa shape index (κ1) is 15.7. The zero-order valence-corrected chi connectivity index (χ0v) is 6.90. The van der Waals surface area contributed by atoms with Crippen LogP contribution in [-0.2, 0) is 7.87 Å². The SMILES string of the molecule is CC(=O)[O][SnH].N.[NaH]. The van der Waals surface area contributed by atoms with Crippen molar-refractivity contribution in [2.75, 3.05) is 0 Å². The van der Waals surface area contributed by atoms with E-state index in [1.165, 1.54) is 6.92 Å². The quantitative estimate of drug-likeness (QED) is 0.525. The van der Waals surface area contributed by atoms with Crippen LogP contribution in [-0.4, -0.2) is 58.5 Å². The maximum atomic E-state index is 9.62. The number of hydrogen-bond donors (Lipinski definition) is 1. The Kier molecular flexibility index (Phi) is 23.0. The van der Waals surface area contributed by atoms with Gasteiger partial charge in [0.15, 0.2) is 0 Å². The second-order valence-corrected chi connectivity index (χ2v) is 1.28. The molecule has 0 aliphatic carbocycles. The van der Waals surface area contributed by atoms with Gasteiger partial charge in [-0.2, -0.15) is 0 Å². The summed E-state index contributed by atoms with van der Waals surface area (Å²) in [7, 11) is 0. The van der Waals surface area contributed by atoms with E-state index in [9.17, 15) is 4.79 Å². The van der Waals surface area contributed by atoms with Crippen LogP contribution < -0.4 is 6.15 Å². The summed E-state index contributed by atoms with van der Waals surface area (Å²) in [6, 6.07) is 0. The van der Waals surface area contributed by atoms with Crippen LogP contribution in [0, 0.1) is 0 Å². The third-order valence-corrected chi connectivity index (χ3v) is 1.11. The molecule has 0 rings (SSSR count). The molecule has 7 heavy (non-hydrogen) atoms. The summed E-state index contributed by atoms with van der Waals surface area (Å²) in [5.74, 6) is -0.188. The molecule has 2 radical (unpaired) electrons. The first-order valence-electron chi connectivity index (χ1n) is 1.14. The first-order chi connectivity index (χ1) is 2.27. The van der Waals surface area contributed by atoms with E-state index in [1.54, 1.807) is 0 Å². The van der Waals surface area contributed by atoms with Gasteiger partial charge in [0.2, 0.25) is 0 Å². The van der Waals surface area contributed by atoms with Crippen LogP contribution in [0.25, 0.3) is 0 Å². The summed E-state index contributed by atoms with van der Waals surface area (Å²) in [4.78, 5) is 9.62. The van der Waals surface area contributed by atoms with Crippen molar-refractivity contribution in [3.8, 4) is 0 Å². The molecule has 3 nitrogen and oxygen atoms in total. The van der Waals surface area contributed by atoms with Crippen LogP contribution >= 0.6 is 0 Å². The third kappa shape index (κ3) is 19.0. The summed E-state index contributed by atoms with van der Waals surface area (Å²) in [6.07, 6.45) is 0. The van der Waals surface area contributed by atoms with Gasteiger partial charge in [-0.25, -0.2) is 0 Å². The second kappa shape index (κ2) is 10.3. The molecule has 5 heteroatoms. The normalized spacial score (nSPS) is 4.86. The van der Waals surface area contributed by atoms with Crippen LogP contribution in [0.5, 0.6) is 0 Å². The molecule has 0 aromatic heterocycles. The molecule has 3 N–H and O–H groups in total. The molecule has 0 aliphatic rings. The van der Waals surface area contributed by atoms with Gasteiger partial charge < -0.3 is 6.15 Å². The molecular weight excluding hydrogens is 212 g/mol. The molecule has 0 atom stereocenters. The number of carbonyl (C=O) groups excluding carboxylic acids is 1. The van der Waals surface area contributed by atoms with E-state index >= 15 is 0 Å². The summed E-state index contributed by atoms with van der Waals surface area (Å²) >= 11 is 0.577.